The topological polar surface area (TPSA) is 90.7 Å². The minimum atomic E-state index is -3.78. The molecular formula is C20H19N3O4S. The monoisotopic (exact) mass is 397 g/mol. The Bertz CT molecular complexity index is 1030. The van der Waals surface area contributed by atoms with E-state index in [4.69, 9.17) is 4.74 Å². The predicted octanol–water partition coefficient (Wildman–Crippen LogP) is 1.39. The molecule has 2 heterocycles. The Kier molecular flexibility index (Phi) is 4.79. The third kappa shape index (κ3) is 3.23. The summed E-state index contributed by atoms with van der Waals surface area (Å²) < 4.78 is 32.9. The first kappa shape index (κ1) is 18.5. The quantitative estimate of drug-likeness (QED) is 0.781. The summed E-state index contributed by atoms with van der Waals surface area (Å²) in [4.78, 5) is 14.4. The highest BCUT2D eigenvalue weighted by atomic mass is 32.2. The molecule has 7 nitrogen and oxygen atoms in total. The largest absolute Gasteiger partial charge is 0.480 e. The average molecular weight is 397 g/mol. The number of piperazine rings is 1. The first-order chi connectivity index (χ1) is 13.5. The highest BCUT2D eigenvalue weighted by Crippen LogP contribution is 2.29. The number of sulfonamides is 1. The van der Waals surface area contributed by atoms with Gasteiger partial charge in [0.25, 0.3) is 5.91 Å². The summed E-state index contributed by atoms with van der Waals surface area (Å²) in [7, 11) is -3.78. The van der Waals surface area contributed by atoms with E-state index in [0.29, 0.717) is 19.5 Å². The van der Waals surface area contributed by atoms with E-state index in [1.54, 1.807) is 17.0 Å². The Labute approximate surface area is 163 Å². The minimum absolute atomic E-state index is 0.00634. The van der Waals surface area contributed by atoms with Crippen molar-refractivity contribution in [3.63, 3.8) is 0 Å². The summed E-state index contributed by atoms with van der Waals surface area (Å²) in [5, 5.41) is 9.19. The molecule has 1 amide bonds. The molecule has 0 unspecified atom stereocenters. The molecule has 1 atom stereocenters. The molecule has 0 bridgehead atoms. The van der Waals surface area contributed by atoms with Crippen molar-refractivity contribution in [1.29, 1.82) is 5.26 Å². The van der Waals surface area contributed by atoms with E-state index < -0.39 is 16.1 Å². The number of carbonyl (C=O) groups excluding carboxylic acids is 1. The van der Waals surface area contributed by atoms with Crippen LogP contribution in [-0.4, -0.2) is 55.8 Å². The van der Waals surface area contributed by atoms with Gasteiger partial charge in [-0.3, -0.25) is 4.79 Å². The van der Waals surface area contributed by atoms with E-state index in [2.05, 4.69) is 0 Å². The van der Waals surface area contributed by atoms with Crippen molar-refractivity contribution in [3.8, 4) is 11.8 Å². The van der Waals surface area contributed by atoms with Crippen LogP contribution in [0.15, 0.2) is 53.4 Å². The molecule has 2 aromatic carbocycles. The zero-order valence-electron chi connectivity index (χ0n) is 15.1. The number of carbonyl (C=O) groups is 1. The van der Waals surface area contributed by atoms with Crippen LogP contribution in [0.1, 0.15) is 11.1 Å². The molecule has 2 aliphatic rings. The molecule has 0 spiro atoms. The lowest BCUT2D eigenvalue weighted by molar-refractivity contribution is -0.139. The second-order valence-corrected chi connectivity index (χ2v) is 8.66. The van der Waals surface area contributed by atoms with Gasteiger partial charge in [0, 0.05) is 32.6 Å². The second kappa shape index (κ2) is 7.26. The molecule has 28 heavy (non-hydrogen) atoms. The Balaban J connectivity index is 1.42. The van der Waals surface area contributed by atoms with Gasteiger partial charge in [0.15, 0.2) is 6.10 Å². The molecule has 0 N–H and O–H groups in total. The van der Waals surface area contributed by atoms with Crippen molar-refractivity contribution in [2.45, 2.75) is 17.4 Å². The van der Waals surface area contributed by atoms with Gasteiger partial charge in [-0.2, -0.15) is 9.57 Å². The van der Waals surface area contributed by atoms with Crippen molar-refractivity contribution in [1.82, 2.24) is 9.21 Å². The van der Waals surface area contributed by atoms with Gasteiger partial charge in [0.1, 0.15) is 11.8 Å². The second-order valence-electron chi connectivity index (χ2n) is 6.76. The maximum absolute atomic E-state index is 12.9. The van der Waals surface area contributed by atoms with Crippen LogP contribution in [0.5, 0.6) is 5.75 Å². The number of hydrogen-bond donors (Lipinski definition) is 0. The Morgan fingerprint density at radius 2 is 1.71 bits per heavy atom. The molecular weight excluding hydrogens is 378 g/mol. The number of fused-ring (bicyclic) bond motifs is 1. The van der Waals surface area contributed by atoms with Crippen LogP contribution in [-0.2, 0) is 21.2 Å². The fourth-order valence-corrected chi connectivity index (χ4v) is 5.16. The first-order valence-electron chi connectivity index (χ1n) is 9.03. The Morgan fingerprint density at radius 3 is 2.43 bits per heavy atom. The van der Waals surface area contributed by atoms with Crippen LogP contribution in [0, 0.1) is 11.3 Å². The van der Waals surface area contributed by atoms with E-state index in [0.717, 1.165) is 11.3 Å². The lowest BCUT2D eigenvalue weighted by Crippen LogP contribution is -2.53. The smallest absolute Gasteiger partial charge is 0.264 e. The SMILES string of the molecule is N#Cc1ccccc1S(=O)(=O)N1CCN(C(=O)[C@@H]2Cc3ccccc3O2)CC1. The standard InChI is InChI=1S/C20H19N3O4S/c21-14-16-6-2-4-8-19(16)28(25,26)23-11-9-22(10-12-23)20(24)18-13-15-5-1-3-7-17(15)27-18/h1-8,18H,9-13H2/t18-/m0/s1. The molecule has 8 heteroatoms. The maximum atomic E-state index is 12.9. The molecule has 0 saturated carbocycles. The summed E-state index contributed by atoms with van der Waals surface area (Å²) in [5.41, 5.74) is 1.13. The molecule has 4 rings (SSSR count). The van der Waals surface area contributed by atoms with Gasteiger partial charge >= 0.3 is 0 Å². The van der Waals surface area contributed by atoms with Gasteiger partial charge < -0.3 is 9.64 Å². The number of hydrogen-bond acceptors (Lipinski definition) is 5. The van der Waals surface area contributed by atoms with Crippen molar-refractivity contribution in [3.05, 3.63) is 59.7 Å². The van der Waals surface area contributed by atoms with Crippen molar-refractivity contribution < 1.29 is 17.9 Å². The summed E-state index contributed by atoms with van der Waals surface area (Å²) in [6.45, 7) is 0.965. The van der Waals surface area contributed by atoms with E-state index in [-0.39, 0.29) is 29.5 Å². The lowest BCUT2D eigenvalue weighted by atomic mass is 10.1. The number of ether oxygens (including phenoxy) is 1. The predicted molar refractivity (Wildman–Crippen MR) is 101 cm³/mol. The molecule has 2 aromatic rings. The van der Waals surface area contributed by atoms with Crippen LogP contribution in [0.4, 0.5) is 0 Å². The number of benzene rings is 2. The fraction of sp³-hybridized carbons (Fsp3) is 0.300. The van der Waals surface area contributed by atoms with Gasteiger partial charge in [-0.25, -0.2) is 8.42 Å². The van der Waals surface area contributed by atoms with Crippen LogP contribution in [0.3, 0.4) is 0 Å². The molecule has 0 radical (unpaired) electrons. The van der Waals surface area contributed by atoms with Gasteiger partial charge in [-0.1, -0.05) is 30.3 Å². The number of rotatable bonds is 3. The van der Waals surface area contributed by atoms with Gasteiger partial charge in [0.05, 0.1) is 10.5 Å². The molecule has 2 aliphatic heterocycles. The summed E-state index contributed by atoms with van der Waals surface area (Å²) in [5.74, 6) is 0.612. The number of nitriles is 1. The summed E-state index contributed by atoms with van der Waals surface area (Å²) in [6, 6.07) is 15.7. The Morgan fingerprint density at radius 1 is 1.04 bits per heavy atom. The molecule has 0 aliphatic carbocycles. The third-order valence-electron chi connectivity index (χ3n) is 5.10. The highest BCUT2D eigenvalue weighted by molar-refractivity contribution is 7.89. The average Bonchev–Trinajstić information content (AvgIpc) is 3.17. The molecule has 1 fully saturated rings. The van der Waals surface area contributed by atoms with Gasteiger partial charge in [0.2, 0.25) is 10.0 Å². The third-order valence-corrected chi connectivity index (χ3v) is 7.06. The van der Waals surface area contributed by atoms with Crippen molar-refractivity contribution in [2.24, 2.45) is 0 Å². The van der Waals surface area contributed by atoms with Crippen LogP contribution in [0.25, 0.3) is 0 Å². The minimum Gasteiger partial charge on any atom is -0.480 e. The number of para-hydroxylation sites is 1. The Hall–Kier alpha value is -2.89. The normalized spacial score (nSPS) is 19.5. The lowest BCUT2D eigenvalue weighted by Gasteiger charge is -2.35. The first-order valence-corrected chi connectivity index (χ1v) is 10.5. The molecule has 0 aromatic heterocycles. The van der Waals surface area contributed by atoms with Crippen LogP contribution >= 0.6 is 0 Å². The zero-order chi connectivity index (χ0) is 19.7. The molecule has 144 valence electrons. The van der Waals surface area contributed by atoms with Gasteiger partial charge in [-0.05, 0) is 23.8 Å². The number of nitrogens with zero attached hydrogens (tertiary/aromatic N) is 3. The van der Waals surface area contributed by atoms with Crippen molar-refractivity contribution >= 4 is 15.9 Å². The van der Waals surface area contributed by atoms with E-state index in [1.807, 2.05) is 30.3 Å². The van der Waals surface area contributed by atoms with E-state index in [9.17, 15) is 18.5 Å². The van der Waals surface area contributed by atoms with E-state index >= 15 is 0 Å². The molecule has 1 saturated heterocycles. The number of amides is 1. The van der Waals surface area contributed by atoms with E-state index in [1.165, 1.54) is 16.4 Å². The zero-order valence-corrected chi connectivity index (χ0v) is 15.9. The summed E-state index contributed by atoms with van der Waals surface area (Å²) >= 11 is 0. The maximum Gasteiger partial charge on any atom is 0.264 e. The van der Waals surface area contributed by atoms with Gasteiger partial charge in [-0.15, -0.1) is 0 Å². The highest BCUT2D eigenvalue weighted by Gasteiger charge is 2.36. The van der Waals surface area contributed by atoms with Crippen molar-refractivity contribution in [2.75, 3.05) is 26.2 Å². The fourth-order valence-electron chi connectivity index (χ4n) is 3.60. The van der Waals surface area contributed by atoms with Crippen LogP contribution < -0.4 is 4.74 Å². The van der Waals surface area contributed by atoms with Crippen LogP contribution in [0.2, 0.25) is 0 Å². The summed E-state index contributed by atoms with van der Waals surface area (Å²) in [6.07, 6.45) is -0.0249.